The van der Waals surface area contributed by atoms with Gasteiger partial charge in [-0.25, -0.2) is 0 Å². The Morgan fingerprint density at radius 3 is 2.30 bits per heavy atom. The molecule has 2 heteroatoms. The van der Waals surface area contributed by atoms with Crippen molar-refractivity contribution in [1.29, 1.82) is 0 Å². The first-order valence-electron chi connectivity index (χ1n) is 9.30. The van der Waals surface area contributed by atoms with Crippen molar-refractivity contribution in [3.63, 3.8) is 0 Å². The van der Waals surface area contributed by atoms with E-state index >= 15 is 0 Å². The molecule has 0 bridgehead atoms. The Kier molecular flexibility index (Phi) is 6.32. The summed E-state index contributed by atoms with van der Waals surface area (Å²) in [5, 5.41) is 0. The summed E-state index contributed by atoms with van der Waals surface area (Å²) in [6.07, 6.45) is 4.11. The molecule has 0 aromatic heterocycles. The van der Waals surface area contributed by atoms with E-state index in [1.165, 1.54) is 5.56 Å². The second kappa shape index (κ2) is 9.09. The van der Waals surface area contributed by atoms with Crippen molar-refractivity contribution in [2.24, 2.45) is 0 Å². The molecular formula is C25H26O2. The maximum absolute atomic E-state index is 5.68. The zero-order chi connectivity index (χ0) is 19.1. The van der Waals surface area contributed by atoms with Crippen LogP contribution in [0.1, 0.15) is 30.9 Å². The summed E-state index contributed by atoms with van der Waals surface area (Å²) in [6.45, 7) is 4.96. The van der Waals surface area contributed by atoms with Crippen LogP contribution in [0.4, 0.5) is 0 Å². The highest BCUT2D eigenvalue weighted by molar-refractivity contribution is 5.72. The monoisotopic (exact) mass is 358 g/mol. The first-order valence-corrected chi connectivity index (χ1v) is 9.30. The van der Waals surface area contributed by atoms with E-state index in [0.29, 0.717) is 12.5 Å². The summed E-state index contributed by atoms with van der Waals surface area (Å²) in [4.78, 5) is 0. The fourth-order valence-corrected chi connectivity index (χ4v) is 2.93. The molecular weight excluding hydrogens is 332 g/mol. The van der Waals surface area contributed by atoms with Gasteiger partial charge < -0.3 is 9.47 Å². The molecule has 3 aromatic carbocycles. The van der Waals surface area contributed by atoms with Gasteiger partial charge in [0.1, 0.15) is 18.1 Å². The number of hydrogen-bond acceptors (Lipinski definition) is 2. The second-order valence-electron chi connectivity index (χ2n) is 6.76. The average molecular weight is 358 g/mol. The molecule has 0 aliphatic heterocycles. The summed E-state index contributed by atoms with van der Waals surface area (Å²) in [5.41, 5.74) is 4.75. The minimum absolute atomic E-state index is 0.487. The van der Waals surface area contributed by atoms with Gasteiger partial charge in [-0.15, -0.1) is 0 Å². The third-order valence-corrected chi connectivity index (χ3v) is 4.51. The number of rotatable bonds is 7. The predicted octanol–water partition coefficient (Wildman–Crippen LogP) is 6.58. The SMILES string of the molecule is COc1ccc(C(C)C)cc1-c1ccc(C=CCOc2ccccc2)cc1. The first kappa shape index (κ1) is 18.8. The van der Waals surface area contributed by atoms with E-state index in [0.717, 1.165) is 28.2 Å². The van der Waals surface area contributed by atoms with Crippen LogP contribution in [-0.4, -0.2) is 13.7 Å². The van der Waals surface area contributed by atoms with Crippen LogP contribution in [0, 0.1) is 0 Å². The van der Waals surface area contributed by atoms with Gasteiger partial charge in [0.15, 0.2) is 0 Å². The Morgan fingerprint density at radius 2 is 1.63 bits per heavy atom. The van der Waals surface area contributed by atoms with Crippen LogP contribution in [0.15, 0.2) is 78.9 Å². The largest absolute Gasteiger partial charge is 0.496 e. The van der Waals surface area contributed by atoms with Crippen molar-refractivity contribution in [3.8, 4) is 22.6 Å². The lowest BCUT2D eigenvalue weighted by Gasteiger charge is -2.13. The molecule has 3 rings (SSSR count). The fraction of sp³-hybridized carbons (Fsp3) is 0.200. The van der Waals surface area contributed by atoms with Crippen LogP contribution in [0.5, 0.6) is 11.5 Å². The Morgan fingerprint density at radius 1 is 0.889 bits per heavy atom. The highest BCUT2D eigenvalue weighted by Gasteiger charge is 2.09. The van der Waals surface area contributed by atoms with E-state index in [-0.39, 0.29) is 0 Å². The molecule has 0 amide bonds. The third-order valence-electron chi connectivity index (χ3n) is 4.51. The lowest BCUT2D eigenvalue weighted by atomic mass is 9.96. The van der Waals surface area contributed by atoms with Crippen LogP contribution in [-0.2, 0) is 0 Å². The molecule has 0 spiro atoms. The standard InChI is InChI=1S/C25H26O2/c1-19(2)22-15-16-25(26-3)24(18-22)21-13-11-20(12-14-21)8-7-17-27-23-9-5-4-6-10-23/h4-16,18-19H,17H2,1-3H3. The summed E-state index contributed by atoms with van der Waals surface area (Å²) in [6, 6.07) is 24.8. The Hall–Kier alpha value is -3.00. The van der Waals surface area contributed by atoms with Gasteiger partial charge in [-0.3, -0.25) is 0 Å². The molecule has 0 unspecified atom stereocenters. The quantitative estimate of drug-likeness (QED) is 0.475. The maximum atomic E-state index is 5.68. The molecule has 0 saturated heterocycles. The van der Waals surface area contributed by atoms with Crippen molar-refractivity contribution in [1.82, 2.24) is 0 Å². The molecule has 138 valence electrons. The second-order valence-corrected chi connectivity index (χ2v) is 6.76. The maximum Gasteiger partial charge on any atom is 0.126 e. The predicted molar refractivity (Wildman–Crippen MR) is 113 cm³/mol. The number of para-hydroxylation sites is 1. The lowest BCUT2D eigenvalue weighted by molar-refractivity contribution is 0.363. The molecule has 0 aliphatic rings. The van der Waals surface area contributed by atoms with E-state index in [1.807, 2.05) is 36.4 Å². The van der Waals surface area contributed by atoms with Crippen molar-refractivity contribution in [3.05, 3.63) is 90.0 Å². The highest BCUT2D eigenvalue weighted by atomic mass is 16.5. The zero-order valence-corrected chi connectivity index (χ0v) is 16.2. The molecule has 2 nitrogen and oxygen atoms in total. The van der Waals surface area contributed by atoms with Crippen LogP contribution in [0.25, 0.3) is 17.2 Å². The normalized spacial score (nSPS) is 11.1. The number of hydrogen-bond donors (Lipinski definition) is 0. The van der Waals surface area contributed by atoms with Crippen molar-refractivity contribution in [2.75, 3.05) is 13.7 Å². The van der Waals surface area contributed by atoms with Gasteiger partial charge in [-0.1, -0.05) is 68.5 Å². The van der Waals surface area contributed by atoms with Gasteiger partial charge in [0.2, 0.25) is 0 Å². The summed E-state index contributed by atoms with van der Waals surface area (Å²) in [7, 11) is 1.72. The smallest absolute Gasteiger partial charge is 0.126 e. The minimum atomic E-state index is 0.487. The lowest BCUT2D eigenvalue weighted by Crippen LogP contribution is -1.93. The first-order chi connectivity index (χ1) is 13.2. The Balaban J connectivity index is 1.70. The fourth-order valence-electron chi connectivity index (χ4n) is 2.93. The molecule has 0 aliphatic carbocycles. The van der Waals surface area contributed by atoms with Crippen LogP contribution >= 0.6 is 0 Å². The van der Waals surface area contributed by atoms with E-state index < -0.39 is 0 Å². The molecule has 3 aromatic rings. The Labute approximate surface area is 162 Å². The van der Waals surface area contributed by atoms with E-state index in [9.17, 15) is 0 Å². The molecule has 0 fully saturated rings. The van der Waals surface area contributed by atoms with Crippen LogP contribution in [0.2, 0.25) is 0 Å². The Bertz CT molecular complexity index is 878. The molecule has 27 heavy (non-hydrogen) atoms. The van der Waals surface area contributed by atoms with Crippen LogP contribution in [0.3, 0.4) is 0 Å². The van der Waals surface area contributed by atoms with Crippen molar-refractivity contribution >= 4 is 6.08 Å². The molecule has 0 atom stereocenters. The molecule has 0 radical (unpaired) electrons. The average Bonchev–Trinajstić information content (AvgIpc) is 2.72. The third kappa shape index (κ3) is 5.01. The summed E-state index contributed by atoms with van der Waals surface area (Å²) >= 11 is 0. The van der Waals surface area contributed by atoms with Gasteiger partial charge in [-0.05, 0) is 52.9 Å². The number of benzene rings is 3. The van der Waals surface area contributed by atoms with Gasteiger partial charge in [-0.2, -0.15) is 0 Å². The molecule has 0 saturated carbocycles. The van der Waals surface area contributed by atoms with Gasteiger partial charge in [0.25, 0.3) is 0 Å². The van der Waals surface area contributed by atoms with Gasteiger partial charge in [0, 0.05) is 5.56 Å². The van der Waals surface area contributed by atoms with Crippen molar-refractivity contribution in [2.45, 2.75) is 19.8 Å². The summed E-state index contributed by atoms with van der Waals surface area (Å²) < 4.78 is 11.2. The zero-order valence-electron chi connectivity index (χ0n) is 16.2. The highest BCUT2D eigenvalue weighted by Crippen LogP contribution is 2.33. The van der Waals surface area contributed by atoms with E-state index in [1.54, 1.807) is 7.11 Å². The topological polar surface area (TPSA) is 18.5 Å². The summed E-state index contributed by atoms with van der Waals surface area (Å²) in [5.74, 6) is 2.27. The number of ether oxygens (including phenoxy) is 2. The van der Waals surface area contributed by atoms with E-state index in [2.05, 4.69) is 62.4 Å². The van der Waals surface area contributed by atoms with E-state index in [4.69, 9.17) is 9.47 Å². The van der Waals surface area contributed by atoms with Crippen molar-refractivity contribution < 1.29 is 9.47 Å². The molecule has 0 N–H and O–H groups in total. The number of methoxy groups -OCH3 is 1. The molecule has 0 heterocycles. The minimum Gasteiger partial charge on any atom is -0.496 e. The van der Waals surface area contributed by atoms with Gasteiger partial charge in [0.05, 0.1) is 7.11 Å². The van der Waals surface area contributed by atoms with Gasteiger partial charge >= 0.3 is 0 Å². The van der Waals surface area contributed by atoms with Crippen LogP contribution < -0.4 is 9.47 Å².